The zero-order valence-corrected chi connectivity index (χ0v) is 12.5. The number of hydrogen-bond acceptors (Lipinski definition) is 3. The number of aliphatic hydroxyl groups excluding tert-OH is 1. The molecule has 0 aromatic heterocycles. The number of amides is 1. The van der Waals surface area contributed by atoms with Crippen LogP contribution in [-0.2, 0) is 11.3 Å². The Morgan fingerprint density at radius 3 is 2.86 bits per heavy atom. The third kappa shape index (κ3) is 2.22. The normalized spacial score (nSPS) is 27.8. The van der Waals surface area contributed by atoms with Crippen LogP contribution in [0.3, 0.4) is 0 Å². The van der Waals surface area contributed by atoms with E-state index in [4.69, 9.17) is 0 Å². The standard InChI is InChI=1S/C17H20N2O2/c1-10-3-4-12(11(2)14(10)8-18)9-19-15-5-6-16(20)13(15)7-17(19)21/h3-4,13,15-16,20H,5-7,9H2,1-2H3/t13-,15-,16+/m1/s1. The summed E-state index contributed by atoms with van der Waals surface area (Å²) in [7, 11) is 0. The Kier molecular flexibility index (Phi) is 3.46. The molecular weight excluding hydrogens is 264 g/mol. The molecule has 2 aliphatic rings. The summed E-state index contributed by atoms with van der Waals surface area (Å²) in [4.78, 5) is 14.1. The molecule has 4 nitrogen and oxygen atoms in total. The number of nitrogens with zero attached hydrogens (tertiary/aromatic N) is 2. The van der Waals surface area contributed by atoms with Gasteiger partial charge in [-0.25, -0.2) is 0 Å². The highest BCUT2D eigenvalue weighted by molar-refractivity contribution is 5.79. The summed E-state index contributed by atoms with van der Waals surface area (Å²) in [5, 5.41) is 19.2. The third-order valence-corrected chi connectivity index (χ3v) is 5.12. The summed E-state index contributed by atoms with van der Waals surface area (Å²) < 4.78 is 0. The number of rotatable bonds is 2. The smallest absolute Gasteiger partial charge is 0.223 e. The van der Waals surface area contributed by atoms with Gasteiger partial charge in [-0.3, -0.25) is 4.79 Å². The fourth-order valence-corrected chi connectivity index (χ4v) is 3.81. The summed E-state index contributed by atoms with van der Waals surface area (Å²) in [6, 6.07) is 6.37. The monoisotopic (exact) mass is 284 g/mol. The van der Waals surface area contributed by atoms with E-state index in [9.17, 15) is 15.2 Å². The summed E-state index contributed by atoms with van der Waals surface area (Å²) >= 11 is 0. The second-order valence-electron chi connectivity index (χ2n) is 6.26. The number of carbonyl (C=O) groups is 1. The van der Waals surface area contributed by atoms with E-state index in [1.807, 2.05) is 30.9 Å². The Balaban J connectivity index is 1.88. The first-order valence-corrected chi connectivity index (χ1v) is 7.49. The van der Waals surface area contributed by atoms with Gasteiger partial charge in [0.25, 0.3) is 0 Å². The lowest BCUT2D eigenvalue weighted by Gasteiger charge is -2.25. The second-order valence-corrected chi connectivity index (χ2v) is 6.26. The summed E-state index contributed by atoms with van der Waals surface area (Å²) in [6.07, 6.45) is 1.79. The first-order chi connectivity index (χ1) is 10.0. The molecule has 110 valence electrons. The van der Waals surface area contributed by atoms with E-state index in [1.54, 1.807) is 0 Å². The fraction of sp³-hybridized carbons (Fsp3) is 0.529. The van der Waals surface area contributed by atoms with Crippen LogP contribution >= 0.6 is 0 Å². The van der Waals surface area contributed by atoms with Gasteiger partial charge in [-0.05, 0) is 43.4 Å². The maximum atomic E-state index is 12.2. The van der Waals surface area contributed by atoms with Gasteiger partial charge in [0.1, 0.15) is 0 Å². The first kappa shape index (κ1) is 14.1. The van der Waals surface area contributed by atoms with Gasteiger partial charge in [-0.15, -0.1) is 0 Å². The zero-order chi connectivity index (χ0) is 15.1. The predicted octanol–water partition coefficient (Wildman–Crippen LogP) is 2.05. The largest absolute Gasteiger partial charge is 0.393 e. The lowest BCUT2D eigenvalue weighted by molar-refractivity contribution is -0.129. The number of aryl methyl sites for hydroxylation is 1. The van der Waals surface area contributed by atoms with Gasteiger partial charge in [0.2, 0.25) is 5.91 Å². The lowest BCUT2D eigenvalue weighted by Crippen LogP contribution is -2.33. The Morgan fingerprint density at radius 2 is 2.14 bits per heavy atom. The van der Waals surface area contributed by atoms with Crippen LogP contribution in [0.2, 0.25) is 0 Å². The minimum Gasteiger partial charge on any atom is -0.393 e. The molecule has 1 heterocycles. The van der Waals surface area contributed by atoms with Gasteiger partial charge in [0.05, 0.1) is 17.7 Å². The van der Waals surface area contributed by atoms with Crippen molar-refractivity contribution in [2.45, 2.75) is 51.8 Å². The Bertz CT molecular complexity index is 632. The van der Waals surface area contributed by atoms with E-state index < -0.39 is 0 Å². The highest BCUT2D eigenvalue weighted by Gasteiger charge is 2.47. The Labute approximate surface area is 125 Å². The quantitative estimate of drug-likeness (QED) is 0.904. The fourth-order valence-electron chi connectivity index (χ4n) is 3.81. The number of carbonyl (C=O) groups excluding carboxylic acids is 1. The summed E-state index contributed by atoms with van der Waals surface area (Å²) in [5.41, 5.74) is 3.68. The van der Waals surface area contributed by atoms with Crippen molar-refractivity contribution in [2.75, 3.05) is 0 Å². The number of benzene rings is 1. The molecule has 0 unspecified atom stereocenters. The molecule has 0 bridgehead atoms. The number of aliphatic hydroxyl groups is 1. The summed E-state index contributed by atoms with van der Waals surface area (Å²) in [5.74, 6) is 0.223. The third-order valence-electron chi connectivity index (χ3n) is 5.12. The molecule has 1 saturated heterocycles. The van der Waals surface area contributed by atoms with Crippen molar-refractivity contribution < 1.29 is 9.90 Å². The van der Waals surface area contributed by atoms with Crippen LogP contribution in [0, 0.1) is 31.1 Å². The molecule has 1 aliphatic carbocycles. The van der Waals surface area contributed by atoms with E-state index in [0.29, 0.717) is 18.5 Å². The van der Waals surface area contributed by atoms with Gasteiger partial charge < -0.3 is 10.0 Å². The van der Waals surface area contributed by atoms with E-state index >= 15 is 0 Å². The predicted molar refractivity (Wildman–Crippen MR) is 78.3 cm³/mol. The van der Waals surface area contributed by atoms with Crippen molar-refractivity contribution in [1.82, 2.24) is 4.90 Å². The minimum absolute atomic E-state index is 0.0960. The topological polar surface area (TPSA) is 64.3 Å². The first-order valence-electron chi connectivity index (χ1n) is 7.49. The van der Waals surface area contributed by atoms with Crippen molar-refractivity contribution in [1.29, 1.82) is 5.26 Å². The van der Waals surface area contributed by atoms with Gasteiger partial charge in [-0.1, -0.05) is 12.1 Å². The van der Waals surface area contributed by atoms with Crippen molar-refractivity contribution >= 4 is 5.91 Å². The van der Waals surface area contributed by atoms with Gasteiger partial charge in [0, 0.05) is 24.9 Å². The van der Waals surface area contributed by atoms with Crippen LogP contribution in [-0.4, -0.2) is 28.1 Å². The summed E-state index contributed by atoms with van der Waals surface area (Å²) in [6.45, 7) is 4.43. The van der Waals surface area contributed by atoms with E-state index in [1.165, 1.54) is 0 Å². The van der Waals surface area contributed by atoms with Crippen LogP contribution < -0.4 is 0 Å². The molecule has 1 aliphatic heterocycles. The maximum Gasteiger partial charge on any atom is 0.223 e. The molecule has 1 saturated carbocycles. The highest BCUT2D eigenvalue weighted by Crippen LogP contribution is 2.39. The molecule has 1 amide bonds. The Hall–Kier alpha value is -1.86. The number of likely N-dealkylation sites (tertiary alicyclic amines) is 1. The lowest BCUT2D eigenvalue weighted by atomic mass is 9.97. The molecule has 0 spiro atoms. The van der Waals surface area contributed by atoms with E-state index in [0.717, 1.165) is 29.5 Å². The number of hydrogen-bond donors (Lipinski definition) is 1. The molecule has 3 rings (SSSR count). The van der Waals surface area contributed by atoms with Gasteiger partial charge in [-0.2, -0.15) is 5.26 Å². The van der Waals surface area contributed by atoms with Crippen LogP contribution in [0.4, 0.5) is 0 Å². The van der Waals surface area contributed by atoms with Crippen LogP contribution in [0.25, 0.3) is 0 Å². The molecular formula is C17H20N2O2. The molecule has 4 heteroatoms. The molecule has 1 N–H and O–H groups in total. The number of nitriles is 1. The minimum atomic E-state index is -0.335. The van der Waals surface area contributed by atoms with Crippen molar-refractivity contribution in [2.24, 2.45) is 5.92 Å². The highest BCUT2D eigenvalue weighted by atomic mass is 16.3. The van der Waals surface area contributed by atoms with Crippen molar-refractivity contribution in [3.05, 3.63) is 34.4 Å². The SMILES string of the molecule is Cc1ccc(CN2C(=O)C[C@@H]3[C@H]2CC[C@@H]3O)c(C)c1C#N. The zero-order valence-electron chi connectivity index (χ0n) is 12.5. The van der Waals surface area contributed by atoms with Crippen LogP contribution in [0.5, 0.6) is 0 Å². The van der Waals surface area contributed by atoms with Crippen LogP contribution in [0.15, 0.2) is 12.1 Å². The molecule has 1 aromatic carbocycles. The maximum absolute atomic E-state index is 12.2. The average molecular weight is 284 g/mol. The average Bonchev–Trinajstić information content (AvgIpc) is 2.95. The van der Waals surface area contributed by atoms with Gasteiger partial charge in [0.15, 0.2) is 0 Å². The molecule has 1 aromatic rings. The van der Waals surface area contributed by atoms with Gasteiger partial charge >= 0.3 is 0 Å². The second kappa shape index (κ2) is 5.16. The van der Waals surface area contributed by atoms with E-state index in [2.05, 4.69) is 6.07 Å². The molecule has 0 radical (unpaired) electrons. The molecule has 21 heavy (non-hydrogen) atoms. The molecule has 2 fully saturated rings. The van der Waals surface area contributed by atoms with Crippen LogP contribution in [0.1, 0.15) is 41.5 Å². The molecule has 3 atom stereocenters. The van der Waals surface area contributed by atoms with Crippen molar-refractivity contribution in [3.8, 4) is 6.07 Å². The van der Waals surface area contributed by atoms with Crippen molar-refractivity contribution in [3.63, 3.8) is 0 Å². The van der Waals surface area contributed by atoms with E-state index in [-0.39, 0.29) is 24.0 Å². The number of fused-ring (bicyclic) bond motifs is 1. The Morgan fingerprint density at radius 1 is 1.38 bits per heavy atom.